The van der Waals surface area contributed by atoms with Crippen molar-refractivity contribution in [2.45, 2.75) is 90.9 Å². The van der Waals surface area contributed by atoms with Gasteiger partial charge in [-0.2, -0.15) is 0 Å². The zero-order chi connectivity index (χ0) is 64.6. The molecule has 0 aromatic rings. The summed E-state index contributed by atoms with van der Waals surface area (Å²) in [6.07, 6.45) is 14.3. The van der Waals surface area contributed by atoms with Crippen molar-refractivity contribution in [3.63, 3.8) is 0 Å². The van der Waals surface area contributed by atoms with Gasteiger partial charge in [-0.1, -0.05) is 78.1 Å². The van der Waals surface area contributed by atoms with E-state index in [1.807, 2.05) is 0 Å². The molecule has 26 heteroatoms. The van der Waals surface area contributed by atoms with Crippen LogP contribution in [-0.4, -0.2) is 323 Å². The lowest BCUT2D eigenvalue weighted by molar-refractivity contribution is -0.125. The van der Waals surface area contributed by atoms with Crippen LogP contribution in [0.25, 0.3) is 0 Å². The molecule has 0 aliphatic carbocycles. The van der Waals surface area contributed by atoms with Crippen LogP contribution < -0.4 is 11.1 Å². The molecule has 3 N–H and O–H groups in total. The average Bonchev–Trinajstić information content (AvgIpc) is 3.57. The van der Waals surface area contributed by atoms with Gasteiger partial charge in [-0.05, 0) is 12.8 Å². The number of hydrogen-bond donors (Lipinski definition) is 2. The molecule has 0 fully saturated rings. The van der Waals surface area contributed by atoms with E-state index in [0.29, 0.717) is 317 Å². The van der Waals surface area contributed by atoms with Crippen molar-refractivity contribution in [2.24, 2.45) is 11.7 Å². The van der Waals surface area contributed by atoms with Crippen LogP contribution in [-0.2, 0) is 114 Å². The summed E-state index contributed by atoms with van der Waals surface area (Å²) < 4.78 is 127. The Labute approximate surface area is 542 Å². The summed E-state index contributed by atoms with van der Waals surface area (Å²) in [7, 11) is 0. The SMILES string of the molecule is CCCCCCCCC(CCCCCC)C(=O)NCCOCCOCCOCCOCCOCCOCCOCCOCCOCCOCCOCCOCCOCCOCCOCCOCCOCCOCCOCCOCCOCCOCCOCCN. The molecule has 1 amide bonds. The zero-order valence-electron chi connectivity index (χ0n) is 56.4. The van der Waals surface area contributed by atoms with Crippen molar-refractivity contribution < 1.29 is 114 Å². The number of unbranched alkanes of at least 4 members (excludes halogenated alkanes) is 8. The van der Waals surface area contributed by atoms with Gasteiger partial charge in [0.25, 0.3) is 0 Å². The maximum atomic E-state index is 12.9. The Hall–Kier alpha value is -1.49. The van der Waals surface area contributed by atoms with E-state index in [4.69, 9.17) is 115 Å². The first-order valence-corrected chi connectivity index (χ1v) is 34.0. The molecule has 90 heavy (non-hydrogen) atoms. The summed E-state index contributed by atoms with van der Waals surface area (Å²) in [6.45, 7) is 28.2. The third kappa shape index (κ3) is 79.0. The van der Waals surface area contributed by atoms with Gasteiger partial charge in [0.15, 0.2) is 0 Å². The van der Waals surface area contributed by atoms with Crippen LogP contribution in [0.3, 0.4) is 0 Å². The molecule has 0 aliphatic rings. The molecular weight excluding hydrogens is 1180 g/mol. The standard InChI is InChI=1S/C64H130N2O24/c1-3-5-7-9-10-12-14-63(13-11-8-6-4-2)64(67)66-16-18-69-20-22-71-24-26-73-28-30-75-32-34-77-36-38-79-40-42-81-44-46-83-48-50-85-52-54-87-56-58-89-60-62-90-61-59-88-57-55-86-53-51-84-49-47-82-45-43-80-41-39-78-37-35-76-33-31-74-29-27-72-25-23-70-21-19-68-17-15-65/h63H,3-62,65H2,1-2H3,(H,66,67). The van der Waals surface area contributed by atoms with Crippen LogP contribution in [0.1, 0.15) is 90.9 Å². The predicted octanol–water partition coefficient (Wildman–Crippen LogP) is 4.78. The Morgan fingerprint density at radius 3 is 0.578 bits per heavy atom. The van der Waals surface area contributed by atoms with Gasteiger partial charge in [0.1, 0.15) is 0 Å². The molecule has 0 aliphatic heterocycles. The maximum Gasteiger partial charge on any atom is 0.223 e. The van der Waals surface area contributed by atoms with Crippen molar-refractivity contribution in [1.82, 2.24) is 5.32 Å². The first-order valence-electron chi connectivity index (χ1n) is 34.0. The second kappa shape index (κ2) is 83.6. The Morgan fingerprint density at radius 1 is 0.233 bits per heavy atom. The molecule has 0 radical (unpaired) electrons. The number of rotatable bonds is 84. The highest BCUT2D eigenvalue weighted by Crippen LogP contribution is 2.19. The quantitative estimate of drug-likeness (QED) is 0.0776. The van der Waals surface area contributed by atoms with Crippen LogP contribution in [0.15, 0.2) is 0 Å². The van der Waals surface area contributed by atoms with Gasteiger partial charge in [-0.25, -0.2) is 0 Å². The molecule has 26 nitrogen and oxygen atoms in total. The Kier molecular flexibility index (Phi) is 82.2. The third-order valence-electron chi connectivity index (χ3n) is 12.7. The molecule has 0 rings (SSSR count). The smallest absolute Gasteiger partial charge is 0.223 e. The van der Waals surface area contributed by atoms with Gasteiger partial charge >= 0.3 is 0 Å². The fraction of sp³-hybridized carbons (Fsp3) is 0.984. The van der Waals surface area contributed by atoms with Crippen LogP contribution in [0, 0.1) is 5.92 Å². The molecule has 540 valence electrons. The van der Waals surface area contributed by atoms with E-state index >= 15 is 0 Å². The van der Waals surface area contributed by atoms with E-state index in [2.05, 4.69) is 19.2 Å². The van der Waals surface area contributed by atoms with Gasteiger partial charge < -0.3 is 120 Å². The highest BCUT2D eigenvalue weighted by molar-refractivity contribution is 5.78. The van der Waals surface area contributed by atoms with E-state index in [9.17, 15) is 4.79 Å². The minimum atomic E-state index is 0.119. The minimum absolute atomic E-state index is 0.119. The predicted molar refractivity (Wildman–Crippen MR) is 341 cm³/mol. The number of carbonyl (C=O) groups excluding carboxylic acids is 1. The van der Waals surface area contributed by atoms with Gasteiger partial charge in [-0.3, -0.25) is 4.79 Å². The molecule has 0 aromatic heterocycles. The topological polar surface area (TPSA) is 267 Å². The van der Waals surface area contributed by atoms with Crippen molar-refractivity contribution in [1.29, 1.82) is 0 Å². The lowest BCUT2D eigenvalue weighted by Gasteiger charge is -2.17. The van der Waals surface area contributed by atoms with E-state index < -0.39 is 0 Å². The fourth-order valence-electron chi connectivity index (χ4n) is 7.81. The highest BCUT2D eigenvalue weighted by atomic mass is 16.6. The molecule has 0 bridgehead atoms. The number of nitrogens with one attached hydrogen (secondary N) is 1. The van der Waals surface area contributed by atoms with Gasteiger partial charge in [0.2, 0.25) is 5.91 Å². The van der Waals surface area contributed by atoms with Crippen LogP contribution in [0.5, 0.6) is 0 Å². The van der Waals surface area contributed by atoms with Crippen LogP contribution in [0.4, 0.5) is 0 Å². The lowest BCUT2D eigenvalue weighted by atomic mass is 9.93. The van der Waals surface area contributed by atoms with E-state index in [1.54, 1.807) is 0 Å². The van der Waals surface area contributed by atoms with E-state index in [-0.39, 0.29) is 11.8 Å². The van der Waals surface area contributed by atoms with Gasteiger partial charge in [0.05, 0.1) is 304 Å². The molecule has 0 saturated carbocycles. The van der Waals surface area contributed by atoms with Crippen molar-refractivity contribution >= 4 is 5.91 Å². The second-order valence-electron chi connectivity index (χ2n) is 20.3. The van der Waals surface area contributed by atoms with E-state index in [1.165, 1.54) is 51.4 Å². The summed E-state index contributed by atoms with van der Waals surface area (Å²) in [4.78, 5) is 12.9. The maximum absolute atomic E-state index is 12.9. The van der Waals surface area contributed by atoms with E-state index in [0.717, 1.165) is 25.7 Å². The summed E-state index contributed by atoms with van der Waals surface area (Å²) >= 11 is 0. The average molecular weight is 1310 g/mol. The molecular formula is C64H130N2O24. The monoisotopic (exact) mass is 1310 g/mol. The molecule has 0 spiro atoms. The van der Waals surface area contributed by atoms with Gasteiger partial charge in [-0.15, -0.1) is 0 Å². The number of ether oxygens (including phenoxy) is 23. The van der Waals surface area contributed by atoms with Crippen LogP contribution >= 0.6 is 0 Å². The Morgan fingerprint density at radius 2 is 0.389 bits per heavy atom. The number of hydrogen-bond acceptors (Lipinski definition) is 25. The third-order valence-corrected chi connectivity index (χ3v) is 12.7. The summed E-state index contributed by atoms with van der Waals surface area (Å²) in [5.41, 5.74) is 5.35. The molecule has 0 aromatic carbocycles. The summed E-state index contributed by atoms with van der Waals surface area (Å²) in [5, 5.41) is 3.10. The largest absolute Gasteiger partial charge is 0.378 e. The molecule has 0 saturated heterocycles. The zero-order valence-corrected chi connectivity index (χ0v) is 56.4. The summed E-state index contributed by atoms with van der Waals surface area (Å²) in [5.74, 6) is 0.302. The highest BCUT2D eigenvalue weighted by Gasteiger charge is 2.17. The van der Waals surface area contributed by atoms with Crippen LogP contribution in [0.2, 0.25) is 0 Å². The van der Waals surface area contributed by atoms with Crippen molar-refractivity contribution in [3.8, 4) is 0 Å². The van der Waals surface area contributed by atoms with Gasteiger partial charge in [0, 0.05) is 19.0 Å². The molecule has 1 atom stereocenters. The second-order valence-corrected chi connectivity index (χ2v) is 20.3. The number of amides is 1. The molecule has 0 heterocycles. The normalized spacial score (nSPS) is 12.1. The Balaban J connectivity index is 3.20. The van der Waals surface area contributed by atoms with Crippen molar-refractivity contribution in [2.75, 3.05) is 317 Å². The summed E-state index contributed by atoms with van der Waals surface area (Å²) in [6, 6.07) is 0. The first kappa shape index (κ1) is 88.5. The van der Waals surface area contributed by atoms with Crippen molar-refractivity contribution in [3.05, 3.63) is 0 Å². The lowest BCUT2D eigenvalue weighted by Crippen LogP contribution is -2.33. The Bertz CT molecular complexity index is 1300. The molecule has 1 unspecified atom stereocenters. The number of carbonyl (C=O) groups is 1. The minimum Gasteiger partial charge on any atom is -0.378 e. The number of nitrogens with two attached hydrogens (primary N) is 1. The first-order chi connectivity index (χ1) is 44.8. The fourth-order valence-corrected chi connectivity index (χ4v) is 7.81.